The summed E-state index contributed by atoms with van der Waals surface area (Å²) in [6.45, 7) is 9.88. The van der Waals surface area contributed by atoms with Crippen LogP contribution in [0.1, 0.15) is 12.0 Å². The summed E-state index contributed by atoms with van der Waals surface area (Å²) in [5.41, 5.74) is 1.27. The second kappa shape index (κ2) is 5.90. The van der Waals surface area contributed by atoms with Gasteiger partial charge in [0.1, 0.15) is 0 Å². The molecule has 3 rings (SSSR count). The van der Waals surface area contributed by atoms with Crippen molar-refractivity contribution >= 4 is 0 Å². The normalized spacial score (nSPS) is 28.4. The van der Waals surface area contributed by atoms with E-state index >= 15 is 0 Å². The van der Waals surface area contributed by atoms with Crippen LogP contribution < -0.4 is 0 Å². The van der Waals surface area contributed by atoms with Gasteiger partial charge in [0.15, 0.2) is 0 Å². The molecule has 0 bridgehead atoms. The van der Waals surface area contributed by atoms with Crippen LogP contribution in [0.15, 0.2) is 35.7 Å². The highest BCUT2D eigenvalue weighted by Gasteiger charge is 2.36. The van der Waals surface area contributed by atoms with Crippen LogP contribution in [-0.2, 0) is 11.3 Å². The molecule has 0 aliphatic carbocycles. The third-order valence-corrected chi connectivity index (χ3v) is 4.10. The Morgan fingerprint density at radius 1 is 1.42 bits per heavy atom. The van der Waals surface area contributed by atoms with Gasteiger partial charge in [-0.25, -0.2) is 0 Å². The fourth-order valence-electron chi connectivity index (χ4n) is 3.17. The number of hydrogen-bond donors (Lipinski definition) is 0. The number of ether oxygens (including phenoxy) is 1. The maximum absolute atomic E-state index is 5.79. The summed E-state index contributed by atoms with van der Waals surface area (Å²) in [7, 11) is 0. The van der Waals surface area contributed by atoms with Gasteiger partial charge in [-0.05, 0) is 12.5 Å². The summed E-state index contributed by atoms with van der Waals surface area (Å²) in [5.74, 6) is 0. The zero-order chi connectivity index (χ0) is 13.1. The number of rotatable bonds is 5. The molecule has 2 fully saturated rings. The van der Waals surface area contributed by atoms with Crippen LogP contribution in [0.25, 0.3) is 0 Å². The van der Waals surface area contributed by atoms with Crippen LogP contribution in [0.2, 0.25) is 0 Å². The van der Waals surface area contributed by atoms with E-state index in [1.165, 1.54) is 5.56 Å². The Morgan fingerprint density at radius 2 is 2.37 bits per heavy atom. The molecule has 0 aromatic carbocycles. The fourth-order valence-corrected chi connectivity index (χ4v) is 3.17. The maximum Gasteiger partial charge on any atom is 0.0947 e. The van der Waals surface area contributed by atoms with Crippen LogP contribution in [0.3, 0.4) is 0 Å². The third kappa shape index (κ3) is 3.08. The molecule has 2 atom stereocenters. The molecule has 0 unspecified atom stereocenters. The minimum absolute atomic E-state index is 0.386. The predicted molar refractivity (Wildman–Crippen MR) is 73.9 cm³/mol. The molecule has 2 aliphatic heterocycles. The van der Waals surface area contributed by atoms with Crippen LogP contribution in [0.5, 0.6) is 0 Å². The lowest BCUT2D eigenvalue weighted by Gasteiger charge is -2.37. The molecular weight excluding hydrogens is 240 g/mol. The molecule has 104 valence electrons. The summed E-state index contributed by atoms with van der Waals surface area (Å²) in [4.78, 5) is 5.08. The van der Waals surface area contributed by atoms with E-state index in [2.05, 4.69) is 22.4 Å². The summed E-state index contributed by atoms with van der Waals surface area (Å²) < 4.78 is 10.9. The van der Waals surface area contributed by atoms with Crippen molar-refractivity contribution in [3.8, 4) is 0 Å². The van der Waals surface area contributed by atoms with E-state index < -0.39 is 0 Å². The zero-order valence-corrected chi connectivity index (χ0v) is 11.3. The first-order valence-electron chi connectivity index (χ1n) is 7.05. The fraction of sp³-hybridized carbons (Fsp3) is 0.600. The highest BCUT2D eigenvalue weighted by molar-refractivity contribution is 5.05. The second-order valence-corrected chi connectivity index (χ2v) is 5.50. The Morgan fingerprint density at radius 3 is 3.16 bits per heavy atom. The quantitative estimate of drug-likeness (QED) is 0.756. The smallest absolute Gasteiger partial charge is 0.0947 e. The Labute approximate surface area is 114 Å². The minimum Gasteiger partial charge on any atom is -0.472 e. The molecule has 0 radical (unpaired) electrons. The van der Waals surface area contributed by atoms with Gasteiger partial charge in [-0.15, -0.1) is 6.58 Å². The average Bonchev–Trinajstić information content (AvgIpc) is 3.04. The van der Waals surface area contributed by atoms with Crippen molar-refractivity contribution < 1.29 is 9.15 Å². The third-order valence-electron chi connectivity index (χ3n) is 4.10. The van der Waals surface area contributed by atoms with Crippen molar-refractivity contribution in [1.82, 2.24) is 9.80 Å². The van der Waals surface area contributed by atoms with Gasteiger partial charge >= 0.3 is 0 Å². The standard InChI is InChI=1S/C15H22N2O2/c1-2-6-19-15-8-14-10-16(4-5-17(14)11-15)9-13-3-7-18-12-13/h2-3,7,12,14-15H,1,4-6,8-11H2/t14-,15-/m0/s1. The Hall–Kier alpha value is -1.10. The summed E-state index contributed by atoms with van der Waals surface area (Å²) in [6.07, 6.45) is 6.96. The monoisotopic (exact) mass is 262 g/mol. The second-order valence-electron chi connectivity index (χ2n) is 5.50. The average molecular weight is 262 g/mol. The summed E-state index contributed by atoms with van der Waals surface area (Å²) in [6, 6.07) is 2.70. The number of nitrogens with zero attached hydrogens (tertiary/aromatic N) is 2. The molecule has 2 aliphatic rings. The van der Waals surface area contributed by atoms with Crippen molar-refractivity contribution in [3.05, 3.63) is 36.8 Å². The molecule has 0 spiro atoms. The molecule has 4 heteroatoms. The first kappa shape index (κ1) is 12.9. The van der Waals surface area contributed by atoms with Crippen molar-refractivity contribution in [2.24, 2.45) is 0 Å². The van der Waals surface area contributed by atoms with Gasteiger partial charge in [0.05, 0.1) is 25.2 Å². The number of furan rings is 1. The van der Waals surface area contributed by atoms with Crippen LogP contribution >= 0.6 is 0 Å². The molecule has 3 heterocycles. The van der Waals surface area contributed by atoms with Crippen molar-refractivity contribution in [2.45, 2.75) is 25.1 Å². The van der Waals surface area contributed by atoms with Gasteiger partial charge in [-0.1, -0.05) is 6.08 Å². The molecule has 0 N–H and O–H groups in total. The van der Waals surface area contributed by atoms with E-state index in [9.17, 15) is 0 Å². The van der Waals surface area contributed by atoms with E-state index in [-0.39, 0.29) is 0 Å². The maximum atomic E-state index is 5.79. The molecule has 0 amide bonds. The molecule has 2 saturated heterocycles. The van der Waals surface area contributed by atoms with Crippen molar-refractivity contribution in [1.29, 1.82) is 0 Å². The van der Waals surface area contributed by atoms with Crippen LogP contribution in [-0.4, -0.2) is 54.7 Å². The lowest BCUT2D eigenvalue weighted by Crippen LogP contribution is -2.49. The van der Waals surface area contributed by atoms with E-state index in [4.69, 9.17) is 9.15 Å². The topological polar surface area (TPSA) is 28.9 Å². The van der Waals surface area contributed by atoms with E-state index in [0.29, 0.717) is 18.8 Å². The van der Waals surface area contributed by atoms with Crippen molar-refractivity contribution in [3.63, 3.8) is 0 Å². The Kier molecular flexibility index (Phi) is 4.01. The summed E-state index contributed by atoms with van der Waals surface area (Å²) >= 11 is 0. The van der Waals surface area contributed by atoms with E-state index in [1.54, 1.807) is 6.26 Å². The molecular formula is C15H22N2O2. The van der Waals surface area contributed by atoms with Crippen molar-refractivity contribution in [2.75, 3.05) is 32.8 Å². The van der Waals surface area contributed by atoms with E-state index in [1.807, 2.05) is 12.3 Å². The first-order chi connectivity index (χ1) is 9.35. The van der Waals surface area contributed by atoms with Gasteiger partial charge < -0.3 is 9.15 Å². The van der Waals surface area contributed by atoms with Gasteiger partial charge in [0.2, 0.25) is 0 Å². The SMILES string of the molecule is C=CCO[C@H]1C[C@H]2CN(Cc3ccoc3)CCN2C1. The first-order valence-corrected chi connectivity index (χ1v) is 7.05. The minimum atomic E-state index is 0.386. The number of piperazine rings is 1. The molecule has 1 aromatic heterocycles. The zero-order valence-electron chi connectivity index (χ0n) is 11.3. The molecule has 0 saturated carbocycles. The summed E-state index contributed by atoms with van der Waals surface area (Å²) in [5, 5.41) is 0. The highest BCUT2D eigenvalue weighted by Crippen LogP contribution is 2.24. The molecule has 19 heavy (non-hydrogen) atoms. The van der Waals surface area contributed by atoms with Crippen LogP contribution in [0, 0.1) is 0 Å². The lowest BCUT2D eigenvalue weighted by molar-refractivity contribution is 0.0758. The van der Waals surface area contributed by atoms with Gasteiger partial charge in [0, 0.05) is 44.3 Å². The Bertz CT molecular complexity index is 404. The van der Waals surface area contributed by atoms with Gasteiger partial charge in [-0.2, -0.15) is 0 Å². The predicted octanol–water partition coefficient (Wildman–Crippen LogP) is 1.74. The molecule has 1 aromatic rings. The van der Waals surface area contributed by atoms with Crippen LogP contribution in [0.4, 0.5) is 0 Å². The Balaban J connectivity index is 1.51. The number of fused-ring (bicyclic) bond motifs is 1. The number of hydrogen-bond acceptors (Lipinski definition) is 4. The van der Waals surface area contributed by atoms with Gasteiger partial charge in [-0.3, -0.25) is 9.80 Å². The lowest BCUT2D eigenvalue weighted by atomic mass is 10.1. The largest absolute Gasteiger partial charge is 0.472 e. The highest BCUT2D eigenvalue weighted by atomic mass is 16.5. The molecule has 4 nitrogen and oxygen atoms in total. The van der Waals surface area contributed by atoms with Gasteiger partial charge in [0.25, 0.3) is 0 Å². The van der Waals surface area contributed by atoms with E-state index in [0.717, 1.165) is 39.1 Å².